The summed E-state index contributed by atoms with van der Waals surface area (Å²) in [6, 6.07) is 11.1. The summed E-state index contributed by atoms with van der Waals surface area (Å²) in [4.78, 5) is 31.8. The lowest BCUT2D eigenvalue weighted by Crippen LogP contribution is -2.65. The number of hydrogen-bond acceptors (Lipinski definition) is 6. The number of rotatable bonds is 10. The first-order valence-electron chi connectivity index (χ1n) is 9.87. The maximum atomic E-state index is 13.6. The van der Waals surface area contributed by atoms with Crippen LogP contribution in [0.3, 0.4) is 0 Å². The number of fused-ring (bicyclic) bond motifs is 1. The van der Waals surface area contributed by atoms with Gasteiger partial charge in [-0.3, -0.25) is 9.59 Å². The summed E-state index contributed by atoms with van der Waals surface area (Å²) in [7, 11) is 0. The Bertz CT molecular complexity index is 947. The number of para-hydroxylation sites is 2. The Hall–Kier alpha value is -2.51. The van der Waals surface area contributed by atoms with Crippen molar-refractivity contribution in [1.29, 1.82) is 0 Å². The molecule has 0 saturated heterocycles. The van der Waals surface area contributed by atoms with Gasteiger partial charge in [0.2, 0.25) is 11.7 Å². The van der Waals surface area contributed by atoms with Crippen molar-refractivity contribution < 1.29 is 14.0 Å². The number of amides is 1. The molecule has 29 heavy (non-hydrogen) atoms. The molecule has 1 amide bonds. The third kappa shape index (κ3) is 4.41. The number of benzene rings is 1. The van der Waals surface area contributed by atoms with Gasteiger partial charge in [0.25, 0.3) is 5.89 Å². The first-order chi connectivity index (χ1) is 13.9. The van der Waals surface area contributed by atoms with Crippen LogP contribution in [0.4, 0.5) is 0 Å². The van der Waals surface area contributed by atoms with Crippen molar-refractivity contribution in [1.82, 2.24) is 10.3 Å². The van der Waals surface area contributed by atoms with Crippen LogP contribution in [0.15, 0.2) is 46.2 Å². The molecule has 0 aliphatic carbocycles. The normalized spacial score (nSPS) is 14.8. The van der Waals surface area contributed by atoms with Crippen LogP contribution in [-0.4, -0.2) is 28.3 Å². The van der Waals surface area contributed by atoms with Gasteiger partial charge in [-0.25, -0.2) is 4.98 Å². The highest BCUT2D eigenvalue weighted by molar-refractivity contribution is 7.09. The molecule has 0 fully saturated rings. The summed E-state index contributed by atoms with van der Waals surface area (Å²) in [5.41, 5.74) is 5.89. The largest absolute Gasteiger partial charge is 0.434 e. The molecule has 0 radical (unpaired) electrons. The molecule has 0 spiro atoms. The predicted octanol–water partition coefficient (Wildman–Crippen LogP) is 3.95. The number of thiophene rings is 1. The van der Waals surface area contributed by atoms with E-state index in [0.29, 0.717) is 23.9 Å². The highest BCUT2D eigenvalue weighted by Gasteiger charge is 2.49. The van der Waals surface area contributed by atoms with Gasteiger partial charge in [-0.05, 0) is 43.8 Å². The molecule has 0 saturated carbocycles. The number of carbonyl (C=O) groups is 2. The van der Waals surface area contributed by atoms with E-state index < -0.39 is 17.4 Å². The maximum absolute atomic E-state index is 13.6. The number of primary amides is 1. The second-order valence-electron chi connectivity index (χ2n) is 7.58. The van der Waals surface area contributed by atoms with Crippen LogP contribution in [0.1, 0.15) is 49.2 Å². The lowest BCUT2D eigenvalue weighted by Gasteiger charge is -2.39. The summed E-state index contributed by atoms with van der Waals surface area (Å²) >= 11 is 1.54. The fraction of sp³-hybridized carbons (Fsp3) is 0.409. The SMILES string of the molecule is CCC[C@H](C(=O)c1nc2ccccc2o1)C(Cc1cccs1)(NC(C)C)C(N)=O. The van der Waals surface area contributed by atoms with Gasteiger partial charge < -0.3 is 15.5 Å². The number of Topliss-reactive ketones (excluding diaryl/α,β-unsaturated/α-hetero) is 1. The molecule has 154 valence electrons. The third-order valence-corrected chi connectivity index (χ3v) is 5.89. The lowest BCUT2D eigenvalue weighted by molar-refractivity contribution is -0.126. The molecular weight excluding hydrogens is 386 g/mol. The van der Waals surface area contributed by atoms with Crippen molar-refractivity contribution in [2.24, 2.45) is 11.7 Å². The van der Waals surface area contributed by atoms with E-state index in [9.17, 15) is 9.59 Å². The molecule has 6 nitrogen and oxygen atoms in total. The zero-order valence-corrected chi connectivity index (χ0v) is 17.8. The summed E-state index contributed by atoms with van der Waals surface area (Å²) < 4.78 is 5.73. The first kappa shape index (κ1) is 21.2. The van der Waals surface area contributed by atoms with Crippen LogP contribution < -0.4 is 11.1 Å². The molecule has 0 aliphatic heterocycles. The van der Waals surface area contributed by atoms with Gasteiger partial charge in [-0.1, -0.05) is 31.5 Å². The predicted molar refractivity (Wildman–Crippen MR) is 115 cm³/mol. The number of nitrogens with one attached hydrogen (secondary N) is 1. The van der Waals surface area contributed by atoms with Crippen LogP contribution in [-0.2, 0) is 11.2 Å². The molecule has 2 heterocycles. The Labute approximate surface area is 174 Å². The minimum Gasteiger partial charge on any atom is -0.434 e. The van der Waals surface area contributed by atoms with Crippen molar-refractivity contribution in [3.8, 4) is 0 Å². The van der Waals surface area contributed by atoms with Gasteiger partial charge in [-0.15, -0.1) is 11.3 Å². The smallest absolute Gasteiger partial charge is 0.264 e. The highest BCUT2D eigenvalue weighted by Crippen LogP contribution is 2.32. The summed E-state index contributed by atoms with van der Waals surface area (Å²) in [5, 5.41) is 5.29. The van der Waals surface area contributed by atoms with E-state index in [1.807, 2.05) is 50.4 Å². The first-order valence-corrected chi connectivity index (χ1v) is 10.7. The van der Waals surface area contributed by atoms with Crippen LogP contribution >= 0.6 is 11.3 Å². The van der Waals surface area contributed by atoms with E-state index in [0.717, 1.165) is 11.3 Å². The number of carbonyl (C=O) groups excluding carboxylic acids is 2. The van der Waals surface area contributed by atoms with Crippen LogP contribution in [0.5, 0.6) is 0 Å². The number of hydrogen-bond donors (Lipinski definition) is 2. The molecule has 2 aromatic heterocycles. The van der Waals surface area contributed by atoms with Gasteiger partial charge in [0.15, 0.2) is 5.58 Å². The zero-order chi connectivity index (χ0) is 21.0. The van der Waals surface area contributed by atoms with E-state index in [1.165, 1.54) is 0 Å². The third-order valence-electron chi connectivity index (χ3n) is 5.01. The van der Waals surface area contributed by atoms with E-state index >= 15 is 0 Å². The lowest BCUT2D eigenvalue weighted by atomic mass is 9.74. The Balaban J connectivity index is 2.08. The number of nitrogens with two attached hydrogens (primary N) is 1. The molecule has 3 aromatic rings. The second kappa shape index (κ2) is 8.88. The van der Waals surface area contributed by atoms with Gasteiger partial charge in [0, 0.05) is 17.3 Å². The molecule has 1 unspecified atom stereocenters. The van der Waals surface area contributed by atoms with Gasteiger partial charge in [0.05, 0.1) is 5.92 Å². The molecule has 3 rings (SSSR count). The van der Waals surface area contributed by atoms with Gasteiger partial charge in [0.1, 0.15) is 11.1 Å². The minimum atomic E-state index is -1.23. The van der Waals surface area contributed by atoms with Crippen LogP contribution in [0.25, 0.3) is 11.1 Å². The van der Waals surface area contributed by atoms with Crippen molar-refractivity contribution in [3.05, 3.63) is 52.5 Å². The molecule has 2 atom stereocenters. The van der Waals surface area contributed by atoms with Crippen LogP contribution in [0.2, 0.25) is 0 Å². The molecule has 7 heteroatoms. The quantitative estimate of drug-likeness (QED) is 0.490. The summed E-state index contributed by atoms with van der Waals surface area (Å²) in [6.45, 7) is 5.87. The summed E-state index contributed by atoms with van der Waals surface area (Å²) in [5.74, 6) is -1.51. The molecule has 1 aromatic carbocycles. The fourth-order valence-electron chi connectivity index (χ4n) is 3.82. The van der Waals surface area contributed by atoms with E-state index in [2.05, 4.69) is 10.3 Å². The van der Waals surface area contributed by atoms with E-state index in [4.69, 9.17) is 10.2 Å². The van der Waals surface area contributed by atoms with Crippen LogP contribution in [0, 0.1) is 5.92 Å². The molecular formula is C22H27N3O3S. The maximum Gasteiger partial charge on any atom is 0.264 e. The van der Waals surface area contributed by atoms with Crippen molar-refractivity contribution in [3.63, 3.8) is 0 Å². The topological polar surface area (TPSA) is 98.2 Å². The fourth-order valence-corrected chi connectivity index (χ4v) is 4.62. The molecule has 0 aliphatic rings. The van der Waals surface area contributed by atoms with Crippen molar-refractivity contribution >= 4 is 34.1 Å². The monoisotopic (exact) mass is 413 g/mol. The van der Waals surface area contributed by atoms with Crippen molar-refractivity contribution in [2.75, 3.05) is 0 Å². The second-order valence-corrected chi connectivity index (χ2v) is 8.62. The Morgan fingerprint density at radius 1 is 1.24 bits per heavy atom. The Morgan fingerprint density at radius 2 is 2.00 bits per heavy atom. The average molecular weight is 414 g/mol. The zero-order valence-electron chi connectivity index (χ0n) is 17.0. The van der Waals surface area contributed by atoms with Crippen molar-refractivity contribution in [2.45, 2.75) is 51.6 Å². The number of aromatic nitrogens is 1. The number of oxazole rings is 1. The average Bonchev–Trinajstić information content (AvgIpc) is 3.33. The number of ketones is 1. The molecule has 3 N–H and O–H groups in total. The molecule has 0 bridgehead atoms. The Kier molecular flexibility index (Phi) is 6.49. The minimum absolute atomic E-state index is 0.0204. The van der Waals surface area contributed by atoms with E-state index in [1.54, 1.807) is 23.5 Å². The van der Waals surface area contributed by atoms with E-state index in [-0.39, 0.29) is 17.7 Å². The van der Waals surface area contributed by atoms with Gasteiger partial charge in [-0.2, -0.15) is 0 Å². The van der Waals surface area contributed by atoms with Gasteiger partial charge >= 0.3 is 0 Å². The standard InChI is InChI=1S/C22H27N3O3S/c1-4-8-16(19(26)20-24-17-10-5-6-11-18(17)28-20)22(21(23)27,25-14(2)3)13-15-9-7-12-29-15/h5-7,9-12,14,16,25H,4,8,13H2,1-3H3,(H2,23,27)/t16-,22?/m1/s1. The Morgan fingerprint density at radius 3 is 2.59 bits per heavy atom. The number of nitrogens with zero attached hydrogens (tertiary/aromatic N) is 1. The highest BCUT2D eigenvalue weighted by atomic mass is 32.1. The summed E-state index contributed by atoms with van der Waals surface area (Å²) in [6.07, 6.45) is 1.55.